The lowest BCUT2D eigenvalue weighted by molar-refractivity contribution is -0.324. The number of guanidine groups is 1. The minimum atomic E-state index is -5.04. The van der Waals surface area contributed by atoms with E-state index in [9.17, 15) is 46.8 Å². The van der Waals surface area contributed by atoms with E-state index in [1.165, 1.54) is 7.11 Å². The largest absolute Gasteiger partial charge is 0.455 e. The number of fused-ring (bicyclic) bond motifs is 1. The minimum Gasteiger partial charge on any atom is -0.455 e. The molecule has 28 nitrogen and oxygen atoms in total. The smallest absolute Gasteiger partial charge is 0.408 e. The summed E-state index contributed by atoms with van der Waals surface area (Å²) in [5, 5.41) is 28.2. The molecular weight excluding hydrogens is 1000 g/mol. The van der Waals surface area contributed by atoms with E-state index < -0.39 is 144 Å². The van der Waals surface area contributed by atoms with Gasteiger partial charge in [0.1, 0.15) is 36.9 Å². The summed E-state index contributed by atoms with van der Waals surface area (Å²) in [4.78, 5) is 99.3. The van der Waals surface area contributed by atoms with E-state index in [2.05, 4.69) is 20.1 Å². The summed E-state index contributed by atoms with van der Waals surface area (Å²) in [6.07, 6.45) is -11.1. The number of carbonyl (C=O) groups excluding carboxylic acids is 7. The number of methoxy groups -OCH3 is 2. The number of hydrogen-bond acceptors (Lipinski definition) is 20. The molecule has 5 rings (SSSR count). The van der Waals surface area contributed by atoms with Crippen LogP contribution in [0.3, 0.4) is 0 Å². The summed E-state index contributed by atoms with van der Waals surface area (Å²) in [6.45, 7) is 6.37. The first-order valence-electron chi connectivity index (χ1n) is 24.7. The van der Waals surface area contributed by atoms with Crippen LogP contribution in [0.25, 0.3) is 0 Å². The van der Waals surface area contributed by atoms with Crippen LogP contribution >= 0.6 is 0 Å². The van der Waals surface area contributed by atoms with E-state index in [1.54, 1.807) is 25.7 Å². The molecule has 4 heterocycles. The van der Waals surface area contributed by atoms with Crippen molar-refractivity contribution in [3.8, 4) is 0 Å². The highest BCUT2D eigenvalue weighted by Crippen LogP contribution is 2.48. The summed E-state index contributed by atoms with van der Waals surface area (Å²) >= 11 is 0. The maximum atomic E-state index is 15.4. The average molecular weight is 1080 g/mol. The van der Waals surface area contributed by atoms with Crippen LogP contribution in [-0.2, 0) is 76.4 Å². The van der Waals surface area contributed by atoms with Crippen LogP contribution < -0.4 is 27.4 Å². The van der Waals surface area contributed by atoms with Crippen LogP contribution in [0.15, 0.2) is 11.6 Å². The molecule has 3 saturated heterocycles. The third-order valence-electron chi connectivity index (χ3n) is 13.8. The van der Waals surface area contributed by atoms with E-state index in [0.717, 1.165) is 24.0 Å². The van der Waals surface area contributed by atoms with E-state index >= 15 is 4.79 Å². The van der Waals surface area contributed by atoms with Crippen LogP contribution in [0, 0.1) is 11.3 Å². The number of carbonyl (C=O) groups is 7. The first-order valence-corrected chi connectivity index (χ1v) is 26.0. The van der Waals surface area contributed by atoms with E-state index in [4.69, 9.17) is 54.8 Å². The molecule has 5 amide bonds. The highest BCUT2D eigenvalue weighted by Gasteiger charge is 2.70. The number of nitrogens with zero attached hydrogens (tertiary/aromatic N) is 2. The Balaban J connectivity index is 1.57. The molecule has 4 fully saturated rings. The zero-order valence-corrected chi connectivity index (χ0v) is 43.2. The average Bonchev–Trinajstić information content (AvgIpc) is 3.94. The van der Waals surface area contributed by atoms with Gasteiger partial charge in [-0.25, -0.2) is 13.8 Å². The molecule has 0 aromatic carbocycles. The molecule has 1 saturated carbocycles. The standard InChI is InChI=1S/C45H72N8O20S/c1-7-10-11-13-30(55)70-33-27(21-65-5)69-41(35(34(33)72-43(48)60)71-29(54)12-8-2)68-25-18-26-37(56)45(19-25)36(51-44(61)73-45)32(39(58)49-16-14-24-15-17-52(20-24)42(46)47)53(26)40(59)31(23(4)9-3)50-38(57)28(66-6)22-67-74(62,63)64/h15,23,25-28,31-37,41,56H,7-14,16-22H2,1-6H3,(H3,46,47)(H2,48,60)(H,49,58)(H,50,57)(H,51,61)(H,62,63,64). The fourth-order valence-electron chi connectivity index (χ4n) is 9.95. The Morgan fingerprint density at radius 1 is 1.01 bits per heavy atom. The van der Waals surface area contributed by atoms with Gasteiger partial charge in [-0.2, -0.15) is 8.42 Å². The van der Waals surface area contributed by atoms with Crippen molar-refractivity contribution in [2.75, 3.05) is 47.1 Å². The van der Waals surface area contributed by atoms with Gasteiger partial charge in [0, 0.05) is 53.1 Å². The van der Waals surface area contributed by atoms with Crippen LogP contribution in [-0.4, -0.2) is 202 Å². The first kappa shape index (κ1) is 59.4. The molecule has 0 aromatic rings. The highest BCUT2D eigenvalue weighted by atomic mass is 32.3. The Labute approximate surface area is 428 Å². The van der Waals surface area contributed by atoms with Gasteiger partial charge in [0.05, 0.1) is 18.8 Å². The monoisotopic (exact) mass is 1080 g/mol. The number of piperidine rings is 1. The van der Waals surface area contributed by atoms with Gasteiger partial charge in [0.15, 0.2) is 42.3 Å². The molecule has 4 aliphatic heterocycles. The number of likely N-dealkylation sites (tertiary alicyclic amines) is 1. The number of nitrogens with two attached hydrogens (primary N) is 2. The Bertz CT molecular complexity index is 2190. The van der Waals surface area contributed by atoms with Crippen LogP contribution in [0.2, 0.25) is 0 Å². The van der Waals surface area contributed by atoms with Gasteiger partial charge in [-0.1, -0.05) is 58.6 Å². The van der Waals surface area contributed by atoms with Gasteiger partial charge in [0.25, 0.3) is 5.91 Å². The van der Waals surface area contributed by atoms with E-state index in [1.807, 2.05) is 13.0 Å². The fourth-order valence-corrected chi connectivity index (χ4v) is 10.2. The highest BCUT2D eigenvalue weighted by molar-refractivity contribution is 7.80. The van der Waals surface area contributed by atoms with Gasteiger partial charge in [-0.05, 0) is 31.6 Å². The van der Waals surface area contributed by atoms with Gasteiger partial charge in [0.2, 0.25) is 11.8 Å². The van der Waals surface area contributed by atoms with Crippen molar-refractivity contribution in [3.05, 3.63) is 11.6 Å². The molecule has 0 aromatic heterocycles. The number of esters is 2. The second-order valence-electron chi connectivity index (χ2n) is 18.9. The topological polar surface area (TPSA) is 396 Å². The molecule has 5 aliphatic rings. The number of primary amides is 1. The van der Waals surface area contributed by atoms with E-state index in [-0.39, 0.29) is 51.2 Å². The number of hydrogen-bond donors (Lipinski definition) is 8. The first-order chi connectivity index (χ1) is 35.0. The van der Waals surface area contributed by atoms with Crippen molar-refractivity contribution >= 4 is 58.2 Å². The van der Waals surface area contributed by atoms with Crippen LogP contribution in [0.1, 0.15) is 91.9 Å². The predicted molar refractivity (Wildman–Crippen MR) is 253 cm³/mol. The summed E-state index contributed by atoms with van der Waals surface area (Å²) in [6, 6.07) is -6.20. The summed E-state index contributed by atoms with van der Waals surface area (Å²) in [5.41, 5.74) is 10.0. The third kappa shape index (κ3) is 14.5. The van der Waals surface area contributed by atoms with E-state index in [0.29, 0.717) is 38.8 Å². The second kappa shape index (κ2) is 26.4. The Morgan fingerprint density at radius 2 is 1.72 bits per heavy atom. The molecule has 418 valence electrons. The number of ether oxygens (including phenoxy) is 8. The zero-order valence-electron chi connectivity index (χ0n) is 42.4. The molecule has 2 bridgehead atoms. The fraction of sp³-hybridized carbons (Fsp3) is 0.778. The predicted octanol–water partition coefficient (Wildman–Crippen LogP) is -1.00. The molecule has 1 aliphatic carbocycles. The number of nitrogens with one attached hydrogen (secondary N) is 4. The van der Waals surface area contributed by atoms with Gasteiger partial charge >= 0.3 is 34.5 Å². The molecule has 29 heteroatoms. The number of aliphatic hydroxyl groups is 1. The van der Waals surface area contributed by atoms with Crippen molar-refractivity contribution in [3.63, 3.8) is 0 Å². The molecule has 10 N–H and O–H groups in total. The van der Waals surface area contributed by atoms with Crippen molar-refractivity contribution in [2.24, 2.45) is 17.4 Å². The number of unbranched alkanes of at least 4 members (excludes halogenated alkanes) is 2. The number of alkyl carbamates (subject to hydrolysis) is 1. The number of rotatable bonds is 26. The Morgan fingerprint density at radius 3 is 2.32 bits per heavy atom. The maximum absolute atomic E-state index is 15.4. The quantitative estimate of drug-likeness (QED) is 0.00979. The van der Waals surface area contributed by atoms with Gasteiger partial charge < -0.3 is 80.2 Å². The van der Waals surface area contributed by atoms with Crippen LogP contribution in [0.5, 0.6) is 0 Å². The molecule has 14 unspecified atom stereocenters. The van der Waals surface area contributed by atoms with Gasteiger partial charge in [-0.3, -0.25) is 33.9 Å². The summed E-state index contributed by atoms with van der Waals surface area (Å²) in [5.74, 6) is -5.18. The molecular formula is C45H72N8O20S. The second-order valence-corrected chi connectivity index (χ2v) is 20.0. The maximum Gasteiger partial charge on any atom is 0.408 e. The lowest BCUT2D eigenvalue weighted by Gasteiger charge is -2.58. The Hall–Kier alpha value is -5.43. The third-order valence-corrected chi connectivity index (χ3v) is 14.2. The number of aliphatic hydroxyl groups excluding tert-OH is 1. The molecule has 74 heavy (non-hydrogen) atoms. The summed E-state index contributed by atoms with van der Waals surface area (Å²) in [7, 11) is -2.66. The molecule has 1 spiro atoms. The summed E-state index contributed by atoms with van der Waals surface area (Å²) < 4.78 is 83.2. The van der Waals surface area contributed by atoms with Crippen molar-refractivity contribution in [1.82, 2.24) is 25.8 Å². The molecule has 0 radical (unpaired) electrons. The SMILES string of the molecule is CCCCCC(=O)OC1C(COC)OC(OC2CC3C(O)C4(C2)OC(=O)NC4C(C(=O)NCCC2=CCN(C(=N)N)C2)N3C(=O)C(NC(=O)C(COS(=O)(=O)O)OC)C(C)CC)C(OC(=O)CCC)C1OC(N)=O. The zero-order chi connectivity index (χ0) is 54.7. The lowest BCUT2D eigenvalue weighted by atomic mass is 9.66. The Kier molecular flexibility index (Phi) is 21.2. The van der Waals surface area contributed by atoms with Crippen molar-refractivity contribution < 1.29 is 93.7 Å². The lowest BCUT2D eigenvalue weighted by Crippen LogP contribution is -2.80. The normalized spacial score (nSPS) is 29.6. The molecule has 14 atom stereocenters. The number of amides is 5. The van der Waals surface area contributed by atoms with Crippen molar-refractivity contribution in [2.45, 2.75) is 171 Å². The van der Waals surface area contributed by atoms with Crippen LogP contribution in [0.4, 0.5) is 9.59 Å². The van der Waals surface area contributed by atoms with Gasteiger partial charge in [-0.15, -0.1) is 0 Å². The minimum absolute atomic E-state index is 0.000614. The van der Waals surface area contributed by atoms with Crippen molar-refractivity contribution in [1.29, 1.82) is 5.41 Å².